The number of amides is 1. The molecule has 0 unspecified atom stereocenters. The van der Waals surface area contributed by atoms with Crippen LogP contribution in [-0.2, 0) is 0 Å². The smallest absolute Gasteiger partial charge is 0.284 e. The molecule has 0 aliphatic heterocycles. The Bertz CT molecular complexity index is 1370. The number of halogens is 1. The number of primary amides is 1. The van der Waals surface area contributed by atoms with E-state index in [2.05, 4.69) is 20.3 Å². The van der Waals surface area contributed by atoms with E-state index in [1.165, 1.54) is 12.1 Å². The van der Waals surface area contributed by atoms with Crippen LogP contribution in [0, 0.1) is 5.82 Å². The molecule has 0 saturated heterocycles. The van der Waals surface area contributed by atoms with Gasteiger partial charge in [-0.15, -0.1) is 5.10 Å². The van der Waals surface area contributed by atoms with E-state index in [1.54, 1.807) is 16.8 Å². The Labute approximate surface area is 170 Å². The van der Waals surface area contributed by atoms with Crippen molar-refractivity contribution in [1.29, 1.82) is 0 Å². The van der Waals surface area contributed by atoms with Crippen LogP contribution in [-0.4, -0.2) is 30.9 Å². The van der Waals surface area contributed by atoms with E-state index in [9.17, 15) is 9.18 Å². The minimum atomic E-state index is -0.679. The van der Waals surface area contributed by atoms with Crippen molar-refractivity contribution in [2.75, 3.05) is 0 Å². The van der Waals surface area contributed by atoms with Crippen molar-refractivity contribution in [3.63, 3.8) is 0 Å². The van der Waals surface area contributed by atoms with Gasteiger partial charge in [-0.05, 0) is 48.5 Å². The molecule has 0 aliphatic carbocycles. The average molecular weight is 398 g/mol. The molecule has 2 heterocycles. The van der Waals surface area contributed by atoms with E-state index in [1.807, 2.05) is 48.5 Å². The Morgan fingerprint density at radius 2 is 1.70 bits per heavy atom. The molecule has 8 heteroatoms. The lowest BCUT2D eigenvalue weighted by Crippen LogP contribution is -2.12. The van der Waals surface area contributed by atoms with Crippen molar-refractivity contribution in [3.05, 3.63) is 84.4 Å². The van der Waals surface area contributed by atoms with Crippen LogP contribution in [0.15, 0.2) is 72.8 Å². The maximum Gasteiger partial charge on any atom is 0.284 e. The standard InChI is InChI=1S/C22H15FN6O/c23-15-9-6-13(7-10-15)19-20(26-22(25-19)21(24)30)14-8-11-17-18(12-14)29(28-27-17)16-4-2-1-3-5-16/h1-12H,(H2,24,30)(H,25,26). The van der Waals surface area contributed by atoms with Crippen LogP contribution in [0.5, 0.6) is 0 Å². The molecule has 0 spiro atoms. The molecule has 2 aromatic heterocycles. The average Bonchev–Trinajstić information content (AvgIpc) is 3.39. The van der Waals surface area contributed by atoms with E-state index < -0.39 is 5.91 Å². The lowest BCUT2D eigenvalue weighted by molar-refractivity contribution is 0.0991. The fraction of sp³-hybridized carbons (Fsp3) is 0. The predicted octanol–water partition coefficient (Wildman–Crippen LogP) is 3.72. The van der Waals surface area contributed by atoms with Crippen molar-refractivity contribution in [1.82, 2.24) is 25.0 Å². The number of rotatable bonds is 4. The number of nitrogens with one attached hydrogen (secondary N) is 1. The van der Waals surface area contributed by atoms with E-state index in [0.29, 0.717) is 17.0 Å². The molecular formula is C22H15FN6O. The van der Waals surface area contributed by atoms with Gasteiger partial charge in [-0.1, -0.05) is 29.5 Å². The van der Waals surface area contributed by atoms with Gasteiger partial charge in [0.1, 0.15) is 11.3 Å². The summed E-state index contributed by atoms with van der Waals surface area (Å²) in [6.07, 6.45) is 0. The number of benzene rings is 3. The van der Waals surface area contributed by atoms with Crippen molar-refractivity contribution in [2.24, 2.45) is 5.73 Å². The minimum Gasteiger partial charge on any atom is -0.363 e. The van der Waals surface area contributed by atoms with E-state index >= 15 is 0 Å². The van der Waals surface area contributed by atoms with Crippen LogP contribution in [0.1, 0.15) is 10.6 Å². The highest BCUT2D eigenvalue weighted by Gasteiger charge is 2.18. The van der Waals surface area contributed by atoms with Gasteiger partial charge in [0.15, 0.2) is 5.82 Å². The van der Waals surface area contributed by atoms with Gasteiger partial charge in [-0.2, -0.15) is 0 Å². The molecule has 0 atom stereocenters. The number of aromatic nitrogens is 5. The number of hydrogen-bond donors (Lipinski definition) is 2. The fourth-order valence-electron chi connectivity index (χ4n) is 3.35. The second kappa shape index (κ2) is 6.93. The van der Waals surface area contributed by atoms with E-state index in [-0.39, 0.29) is 11.6 Å². The molecule has 3 aromatic carbocycles. The van der Waals surface area contributed by atoms with Crippen molar-refractivity contribution in [2.45, 2.75) is 0 Å². The molecule has 3 N–H and O–H groups in total. The summed E-state index contributed by atoms with van der Waals surface area (Å²) in [4.78, 5) is 19.1. The predicted molar refractivity (Wildman–Crippen MR) is 110 cm³/mol. The van der Waals surface area contributed by atoms with Crippen molar-refractivity contribution < 1.29 is 9.18 Å². The van der Waals surface area contributed by atoms with Gasteiger partial charge in [0.25, 0.3) is 5.91 Å². The van der Waals surface area contributed by atoms with Crippen LogP contribution in [0.2, 0.25) is 0 Å². The summed E-state index contributed by atoms with van der Waals surface area (Å²) in [5.41, 5.74) is 10.3. The zero-order valence-corrected chi connectivity index (χ0v) is 15.6. The molecule has 0 bridgehead atoms. The molecule has 0 fully saturated rings. The van der Waals surface area contributed by atoms with Crippen LogP contribution < -0.4 is 5.73 Å². The third-order valence-electron chi connectivity index (χ3n) is 4.79. The molecule has 7 nitrogen and oxygen atoms in total. The second-order valence-electron chi connectivity index (χ2n) is 6.72. The lowest BCUT2D eigenvalue weighted by atomic mass is 10.0. The largest absolute Gasteiger partial charge is 0.363 e. The molecule has 0 aliphatic rings. The lowest BCUT2D eigenvalue weighted by Gasteiger charge is -2.05. The number of aromatic amines is 1. The Morgan fingerprint density at radius 1 is 0.967 bits per heavy atom. The number of hydrogen-bond acceptors (Lipinski definition) is 4. The van der Waals surface area contributed by atoms with Gasteiger partial charge >= 0.3 is 0 Å². The fourth-order valence-corrected chi connectivity index (χ4v) is 3.35. The molecule has 0 saturated carbocycles. The van der Waals surface area contributed by atoms with Gasteiger partial charge in [-0.25, -0.2) is 14.1 Å². The van der Waals surface area contributed by atoms with Crippen LogP contribution in [0.4, 0.5) is 4.39 Å². The Morgan fingerprint density at radius 3 is 2.43 bits per heavy atom. The highest BCUT2D eigenvalue weighted by Crippen LogP contribution is 2.32. The molecule has 1 amide bonds. The number of carbonyl (C=O) groups excluding carboxylic acids is 1. The molecule has 5 aromatic rings. The highest BCUT2D eigenvalue weighted by molar-refractivity contribution is 5.93. The summed E-state index contributed by atoms with van der Waals surface area (Å²) in [6, 6.07) is 21.2. The van der Waals surface area contributed by atoms with Gasteiger partial charge in [0.2, 0.25) is 0 Å². The van der Waals surface area contributed by atoms with E-state index in [4.69, 9.17) is 5.73 Å². The zero-order valence-electron chi connectivity index (χ0n) is 15.6. The molecule has 146 valence electrons. The maximum absolute atomic E-state index is 13.4. The Hall–Kier alpha value is -4.33. The summed E-state index contributed by atoms with van der Waals surface area (Å²) in [6.45, 7) is 0. The number of H-pyrrole nitrogens is 1. The Balaban J connectivity index is 1.70. The molecule has 30 heavy (non-hydrogen) atoms. The first kappa shape index (κ1) is 17.7. The second-order valence-corrected chi connectivity index (χ2v) is 6.72. The van der Waals surface area contributed by atoms with Gasteiger partial charge in [-0.3, -0.25) is 4.79 Å². The van der Waals surface area contributed by atoms with Crippen molar-refractivity contribution >= 4 is 16.9 Å². The first-order valence-electron chi connectivity index (χ1n) is 9.17. The molecule has 0 radical (unpaired) electrons. The number of nitrogens with zero attached hydrogens (tertiary/aromatic N) is 4. The van der Waals surface area contributed by atoms with Crippen LogP contribution in [0.25, 0.3) is 39.2 Å². The number of carbonyl (C=O) groups is 1. The number of imidazole rings is 1. The van der Waals surface area contributed by atoms with Gasteiger partial charge in [0, 0.05) is 11.1 Å². The third kappa shape index (κ3) is 3.00. The molecule has 5 rings (SSSR count). The summed E-state index contributed by atoms with van der Waals surface area (Å²) in [5, 5.41) is 8.47. The third-order valence-corrected chi connectivity index (χ3v) is 4.79. The Kier molecular flexibility index (Phi) is 4.10. The maximum atomic E-state index is 13.4. The monoisotopic (exact) mass is 398 g/mol. The summed E-state index contributed by atoms with van der Waals surface area (Å²) >= 11 is 0. The first-order chi connectivity index (χ1) is 14.6. The number of para-hydroxylation sites is 1. The van der Waals surface area contributed by atoms with Gasteiger partial charge in [0.05, 0.1) is 22.6 Å². The highest BCUT2D eigenvalue weighted by atomic mass is 19.1. The first-order valence-corrected chi connectivity index (χ1v) is 9.17. The van der Waals surface area contributed by atoms with Crippen molar-refractivity contribution in [3.8, 4) is 28.2 Å². The normalized spacial score (nSPS) is 11.1. The SMILES string of the molecule is NC(=O)c1nc(-c2ccc(F)cc2)c(-c2ccc3nnn(-c4ccccc4)c3c2)[nH]1. The summed E-state index contributed by atoms with van der Waals surface area (Å²) < 4.78 is 15.1. The summed E-state index contributed by atoms with van der Waals surface area (Å²) in [7, 11) is 0. The van der Waals surface area contributed by atoms with Crippen LogP contribution >= 0.6 is 0 Å². The number of fused-ring (bicyclic) bond motifs is 1. The number of nitrogens with two attached hydrogens (primary N) is 1. The van der Waals surface area contributed by atoms with Crippen LogP contribution in [0.3, 0.4) is 0 Å². The molecular weight excluding hydrogens is 383 g/mol. The minimum absolute atomic E-state index is 0.0270. The zero-order chi connectivity index (χ0) is 20.7. The summed E-state index contributed by atoms with van der Waals surface area (Å²) in [5.74, 6) is -1.01. The topological polar surface area (TPSA) is 102 Å². The van der Waals surface area contributed by atoms with Gasteiger partial charge < -0.3 is 10.7 Å². The quantitative estimate of drug-likeness (QED) is 0.482. The van der Waals surface area contributed by atoms with E-state index in [0.717, 1.165) is 22.3 Å².